The predicted molar refractivity (Wildman–Crippen MR) is 136 cm³/mol. The topological polar surface area (TPSA) is 166 Å². The van der Waals surface area contributed by atoms with Gasteiger partial charge < -0.3 is 20.2 Å². The van der Waals surface area contributed by atoms with E-state index in [9.17, 15) is 44.3 Å². The fourth-order valence-electron chi connectivity index (χ4n) is 4.24. The Morgan fingerprint density at radius 3 is 1.63 bits per heavy atom. The fraction of sp³-hybridized carbons (Fsp3) is 0.520. The van der Waals surface area contributed by atoms with E-state index in [0.717, 1.165) is 45.6 Å². The molecule has 4 rings (SSSR count). The third-order valence-electron chi connectivity index (χ3n) is 6.43. The van der Waals surface area contributed by atoms with E-state index in [4.69, 9.17) is 29.7 Å². The molecule has 12 nitrogen and oxygen atoms in total. The van der Waals surface area contributed by atoms with E-state index in [0.29, 0.717) is 11.0 Å². The summed E-state index contributed by atoms with van der Waals surface area (Å²) in [6, 6.07) is 3.68. The molecule has 3 N–H and O–H groups in total. The highest BCUT2D eigenvalue weighted by atomic mass is 19.4. The van der Waals surface area contributed by atoms with Gasteiger partial charge in [0.25, 0.3) is 5.91 Å². The summed E-state index contributed by atoms with van der Waals surface area (Å²) >= 11 is 0. The normalized spacial score (nSPS) is 16.2. The molecule has 0 unspecified atom stereocenters. The molecule has 0 aromatic carbocycles. The third kappa shape index (κ3) is 13.7. The van der Waals surface area contributed by atoms with Crippen molar-refractivity contribution >= 4 is 23.8 Å². The van der Waals surface area contributed by atoms with Gasteiger partial charge in [-0.15, -0.1) is 0 Å². The van der Waals surface area contributed by atoms with Crippen LogP contribution in [0.5, 0.6) is 0 Å². The van der Waals surface area contributed by atoms with Crippen LogP contribution in [-0.4, -0.2) is 108 Å². The number of rotatable bonds is 3. The summed E-state index contributed by atoms with van der Waals surface area (Å²) in [5.74, 6) is -8.15. The van der Waals surface area contributed by atoms with Crippen molar-refractivity contribution in [2.75, 3.05) is 26.2 Å². The lowest BCUT2D eigenvalue weighted by Gasteiger charge is -2.39. The second kappa shape index (κ2) is 16.2. The van der Waals surface area contributed by atoms with Gasteiger partial charge in [-0.05, 0) is 43.4 Å². The van der Waals surface area contributed by atoms with E-state index in [2.05, 4.69) is 21.2 Å². The summed E-state index contributed by atoms with van der Waals surface area (Å²) in [7, 11) is 1.96. The number of hydrogen-bond donors (Lipinski definition) is 3. The highest BCUT2D eigenvalue weighted by Crippen LogP contribution is 2.41. The number of piperidine rings is 1. The molecule has 2 aromatic heterocycles. The highest BCUT2D eigenvalue weighted by Gasteiger charge is 2.42. The monoisotopic (exact) mass is 681 g/mol. The Morgan fingerprint density at radius 1 is 0.804 bits per heavy atom. The van der Waals surface area contributed by atoms with Crippen LogP contribution in [0.25, 0.3) is 0 Å². The van der Waals surface area contributed by atoms with Crippen LogP contribution in [0.3, 0.4) is 0 Å². The number of aryl methyl sites for hydroxylation is 1. The molecule has 0 atom stereocenters. The van der Waals surface area contributed by atoms with Crippen molar-refractivity contribution in [2.24, 2.45) is 12.5 Å². The lowest BCUT2D eigenvalue weighted by molar-refractivity contribution is -0.193. The molecule has 46 heavy (non-hydrogen) atoms. The van der Waals surface area contributed by atoms with Gasteiger partial charge in [-0.25, -0.2) is 14.4 Å². The molecule has 0 radical (unpaired) electrons. The smallest absolute Gasteiger partial charge is 0.475 e. The number of carbonyl (C=O) groups is 4. The maximum atomic E-state index is 12.6. The van der Waals surface area contributed by atoms with Gasteiger partial charge in [-0.3, -0.25) is 19.4 Å². The minimum Gasteiger partial charge on any atom is -0.475 e. The summed E-state index contributed by atoms with van der Waals surface area (Å²) in [5.41, 5.74) is 2.36. The van der Waals surface area contributed by atoms with Gasteiger partial charge >= 0.3 is 36.4 Å². The molecule has 0 saturated carbocycles. The first-order valence-corrected chi connectivity index (χ1v) is 12.8. The third-order valence-corrected chi connectivity index (χ3v) is 6.43. The number of aromatic nitrogens is 3. The van der Waals surface area contributed by atoms with Gasteiger partial charge in [0.2, 0.25) is 0 Å². The van der Waals surface area contributed by atoms with Crippen molar-refractivity contribution in [1.29, 1.82) is 0 Å². The molecule has 0 aliphatic carbocycles. The van der Waals surface area contributed by atoms with Crippen LogP contribution in [-0.2, 0) is 28.0 Å². The molecule has 1 spiro atoms. The zero-order valence-corrected chi connectivity index (χ0v) is 23.7. The van der Waals surface area contributed by atoms with Crippen molar-refractivity contribution in [3.8, 4) is 0 Å². The Labute approximate surface area is 254 Å². The summed E-state index contributed by atoms with van der Waals surface area (Å²) in [6.07, 6.45) is -4.39. The van der Waals surface area contributed by atoms with Crippen LogP contribution >= 0.6 is 0 Å². The van der Waals surface area contributed by atoms with Crippen molar-refractivity contribution in [3.05, 3.63) is 48.0 Å². The van der Waals surface area contributed by atoms with E-state index in [1.54, 1.807) is 12.4 Å². The molecule has 1 amide bonds. The van der Waals surface area contributed by atoms with Gasteiger partial charge in [0, 0.05) is 57.4 Å². The number of alkyl halides is 9. The van der Waals surface area contributed by atoms with Crippen LogP contribution in [0.2, 0.25) is 0 Å². The number of nitrogens with zero attached hydrogens (tertiary/aromatic N) is 5. The van der Waals surface area contributed by atoms with Gasteiger partial charge in [0.05, 0.1) is 11.8 Å². The standard InChI is InChI=1S/C19H25N5O.3C2HF3O2/c1-22-13-16(11-21-22)14-23-8-4-19(15-23)5-9-24(10-6-19)18(25)17-3-2-7-20-12-17;3*3-2(4,5)1(6)7/h2-3,7,11-13H,4-6,8-10,14-15H2,1H3;3*(H,6,7). The first-order valence-electron chi connectivity index (χ1n) is 12.8. The predicted octanol–water partition coefficient (Wildman–Crippen LogP) is 3.84. The molecular weight excluding hydrogens is 653 g/mol. The number of halogens is 9. The second-order valence-electron chi connectivity index (χ2n) is 9.93. The van der Waals surface area contributed by atoms with E-state index >= 15 is 0 Å². The Kier molecular flexibility index (Phi) is 14.0. The average molecular weight is 682 g/mol. The number of aliphatic carboxylic acids is 3. The van der Waals surface area contributed by atoms with E-state index < -0.39 is 36.4 Å². The van der Waals surface area contributed by atoms with Gasteiger partial charge in [-0.1, -0.05) is 0 Å². The maximum Gasteiger partial charge on any atom is 0.490 e. The maximum absolute atomic E-state index is 12.6. The second-order valence-corrected chi connectivity index (χ2v) is 9.93. The Hall–Kier alpha value is -4.43. The van der Waals surface area contributed by atoms with Crippen molar-refractivity contribution in [2.45, 2.75) is 44.3 Å². The largest absolute Gasteiger partial charge is 0.490 e. The van der Waals surface area contributed by atoms with Crippen molar-refractivity contribution < 1.29 is 74.0 Å². The molecule has 0 bridgehead atoms. The molecule has 2 saturated heterocycles. The first kappa shape index (κ1) is 39.6. The minimum absolute atomic E-state index is 0.119. The number of carboxylic acid groups (broad SMARTS) is 3. The van der Waals surface area contributed by atoms with Crippen LogP contribution < -0.4 is 0 Å². The quantitative estimate of drug-likeness (QED) is 0.406. The lowest BCUT2D eigenvalue weighted by Crippen LogP contribution is -2.44. The molecule has 4 heterocycles. The Morgan fingerprint density at radius 2 is 1.26 bits per heavy atom. The van der Waals surface area contributed by atoms with Crippen molar-refractivity contribution in [3.63, 3.8) is 0 Å². The molecular formula is C25H28F9N5O7. The van der Waals surface area contributed by atoms with Crippen molar-refractivity contribution in [1.82, 2.24) is 24.6 Å². The Balaban J connectivity index is 0.000000413. The zero-order chi connectivity index (χ0) is 35.5. The van der Waals surface area contributed by atoms with E-state index in [1.165, 1.54) is 12.0 Å². The van der Waals surface area contributed by atoms with Gasteiger partial charge in [-0.2, -0.15) is 44.6 Å². The summed E-state index contributed by atoms with van der Waals surface area (Å²) < 4.78 is 97.1. The molecule has 2 fully saturated rings. The molecule has 21 heteroatoms. The number of carboxylic acids is 3. The SMILES string of the molecule is Cn1cc(CN2CCC3(CCN(C(=O)c4cccnc4)CC3)C2)cn1.O=C(O)C(F)(F)F.O=C(O)C(F)(F)F.O=C(O)C(F)(F)F. The number of amides is 1. The Bertz CT molecular complexity index is 1250. The molecule has 2 aliphatic heterocycles. The zero-order valence-electron chi connectivity index (χ0n) is 23.7. The minimum atomic E-state index is -5.08. The summed E-state index contributed by atoms with van der Waals surface area (Å²) in [6.45, 7) is 4.97. The summed E-state index contributed by atoms with van der Waals surface area (Å²) in [5, 5.41) is 25.6. The molecule has 2 aromatic rings. The van der Waals surface area contributed by atoms with Crippen LogP contribution in [0, 0.1) is 5.41 Å². The van der Waals surface area contributed by atoms with E-state index in [-0.39, 0.29) is 5.91 Å². The number of carbonyl (C=O) groups excluding carboxylic acids is 1. The van der Waals surface area contributed by atoms with Crippen LogP contribution in [0.15, 0.2) is 36.9 Å². The number of pyridine rings is 1. The molecule has 258 valence electrons. The van der Waals surface area contributed by atoms with Crippen LogP contribution in [0.4, 0.5) is 39.5 Å². The average Bonchev–Trinajstić information content (AvgIpc) is 3.54. The lowest BCUT2D eigenvalue weighted by atomic mass is 9.77. The van der Waals surface area contributed by atoms with Gasteiger partial charge in [0.15, 0.2) is 0 Å². The summed E-state index contributed by atoms with van der Waals surface area (Å²) in [4.78, 5) is 47.9. The van der Waals surface area contributed by atoms with Gasteiger partial charge in [0.1, 0.15) is 0 Å². The van der Waals surface area contributed by atoms with E-state index in [1.807, 2.05) is 35.0 Å². The first-order chi connectivity index (χ1) is 21.0. The van der Waals surface area contributed by atoms with Crippen LogP contribution in [0.1, 0.15) is 35.2 Å². The highest BCUT2D eigenvalue weighted by molar-refractivity contribution is 5.93. The number of likely N-dealkylation sites (tertiary alicyclic amines) is 2. The molecule has 2 aliphatic rings. The number of hydrogen-bond acceptors (Lipinski definition) is 7. The fourth-order valence-corrected chi connectivity index (χ4v) is 4.24.